The summed E-state index contributed by atoms with van der Waals surface area (Å²) < 4.78 is 5.39. The highest BCUT2D eigenvalue weighted by Gasteiger charge is 2.50. The number of nitrogens with zero attached hydrogens (tertiary/aromatic N) is 3. The van der Waals surface area contributed by atoms with Crippen molar-refractivity contribution in [2.45, 2.75) is 95.5 Å². The van der Waals surface area contributed by atoms with Crippen LogP contribution in [0.4, 0.5) is 0 Å². The minimum atomic E-state index is -1.03. The molecule has 2 aromatic carbocycles. The van der Waals surface area contributed by atoms with Crippen LogP contribution in [0, 0.1) is 5.92 Å². The Balaban J connectivity index is 1.53. The van der Waals surface area contributed by atoms with Crippen molar-refractivity contribution in [1.82, 2.24) is 16.0 Å². The summed E-state index contributed by atoms with van der Waals surface area (Å²) in [5.41, 5.74) is 10.9. The first kappa shape index (κ1) is 36.1. The molecular weight excluding hydrogens is 608 g/mol. The zero-order valence-electron chi connectivity index (χ0n) is 27.9. The number of epoxide rings is 1. The van der Waals surface area contributed by atoms with E-state index in [1.54, 1.807) is 6.92 Å². The van der Waals surface area contributed by atoms with Gasteiger partial charge in [0.25, 0.3) is 0 Å². The summed E-state index contributed by atoms with van der Waals surface area (Å²) in [6, 6.07) is 15.2. The van der Waals surface area contributed by atoms with Crippen molar-refractivity contribution < 1.29 is 23.9 Å². The van der Waals surface area contributed by atoms with Gasteiger partial charge in [-0.25, -0.2) is 0 Å². The number of carbonyl (C=O) groups is 4. The molecule has 1 heterocycles. The smallest absolute Gasteiger partial charge is 0.243 e. The second-order valence-electron chi connectivity index (χ2n) is 13.2. The van der Waals surface area contributed by atoms with Gasteiger partial charge in [0.15, 0.2) is 5.78 Å². The number of nitrogens with one attached hydrogen (secondary N) is 3. The molecule has 1 aliphatic carbocycles. The predicted molar refractivity (Wildman–Crippen MR) is 184 cm³/mol. The van der Waals surface area contributed by atoms with E-state index in [9.17, 15) is 19.2 Å². The normalized spacial score (nSPS) is 19.1. The second kappa shape index (κ2) is 17.4. The molecule has 48 heavy (non-hydrogen) atoms. The fourth-order valence-electron chi connectivity index (χ4n) is 5.77. The third-order valence-electron chi connectivity index (χ3n) is 8.47. The van der Waals surface area contributed by atoms with Crippen molar-refractivity contribution in [2.75, 3.05) is 6.61 Å². The number of benzene rings is 2. The summed E-state index contributed by atoms with van der Waals surface area (Å²) in [5, 5.41) is 12.5. The first-order chi connectivity index (χ1) is 23.1. The van der Waals surface area contributed by atoms with Gasteiger partial charge in [0.2, 0.25) is 17.7 Å². The lowest BCUT2D eigenvalue weighted by Crippen LogP contribution is -2.57. The molecule has 11 nitrogen and oxygen atoms in total. The molecule has 2 aliphatic rings. The Morgan fingerprint density at radius 1 is 0.854 bits per heavy atom. The number of hydrogen-bond donors (Lipinski definition) is 3. The van der Waals surface area contributed by atoms with Gasteiger partial charge < -0.3 is 20.7 Å². The van der Waals surface area contributed by atoms with E-state index in [-0.39, 0.29) is 31.0 Å². The van der Waals surface area contributed by atoms with Crippen LogP contribution < -0.4 is 16.0 Å². The van der Waals surface area contributed by atoms with Crippen LogP contribution in [-0.4, -0.2) is 59.9 Å². The largest absolute Gasteiger partial charge is 0.361 e. The third kappa shape index (κ3) is 11.2. The number of azide groups is 1. The Hall–Kier alpha value is -4.73. The van der Waals surface area contributed by atoms with E-state index < -0.39 is 47.5 Å². The summed E-state index contributed by atoms with van der Waals surface area (Å²) in [4.78, 5) is 57.5. The Kier molecular flexibility index (Phi) is 13.1. The Morgan fingerprint density at radius 3 is 1.98 bits per heavy atom. The van der Waals surface area contributed by atoms with Crippen molar-refractivity contribution in [1.29, 1.82) is 0 Å². The fraction of sp³-hybridized carbons (Fsp3) is 0.459. The van der Waals surface area contributed by atoms with Gasteiger partial charge in [0.1, 0.15) is 17.7 Å². The second-order valence-corrected chi connectivity index (χ2v) is 13.2. The van der Waals surface area contributed by atoms with E-state index in [0.29, 0.717) is 19.4 Å². The summed E-state index contributed by atoms with van der Waals surface area (Å²) in [6.45, 7) is 5.97. The molecule has 3 N–H and O–H groups in total. The van der Waals surface area contributed by atoms with E-state index in [0.717, 1.165) is 29.5 Å². The minimum absolute atomic E-state index is 0.125. The quantitative estimate of drug-likeness (QED) is 0.0883. The maximum atomic E-state index is 14.0. The minimum Gasteiger partial charge on any atom is -0.361 e. The number of hydrogen-bond acceptors (Lipinski definition) is 6. The van der Waals surface area contributed by atoms with Crippen molar-refractivity contribution in [3.63, 3.8) is 0 Å². The van der Waals surface area contributed by atoms with E-state index in [4.69, 9.17) is 10.3 Å². The lowest BCUT2D eigenvalue weighted by Gasteiger charge is -2.27. The van der Waals surface area contributed by atoms with Crippen LogP contribution in [0.2, 0.25) is 0 Å². The number of amides is 3. The number of rotatable bonds is 18. The van der Waals surface area contributed by atoms with Crippen LogP contribution >= 0.6 is 0 Å². The molecule has 1 saturated heterocycles. The van der Waals surface area contributed by atoms with Gasteiger partial charge in [0, 0.05) is 24.2 Å². The van der Waals surface area contributed by atoms with E-state index in [1.807, 2.05) is 92.7 Å². The van der Waals surface area contributed by atoms with Crippen LogP contribution in [-0.2, 0) is 36.8 Å². The molecule has 1 aliphatic heterocycles. The molecule has 5 atom stereocenters. The zero-order valence-corrected chi connectivity index (χ0v) is 27.9. The fourth-order valence-corrected chi connectivity index (χ4v) is 5.77. The number of ether oxygens (including phenoxy) is 1. The van der Waals surface area contributed by atoms with Gasteiger partial charge in [-0.1, -0.05) is 97.9 Å². The summed E-state index contributed by atoms with van der Waals surface area (Å²) in [5.74, 6) is -1.55. The standard InChI is InChI=1S/C37H46N6O5/c1-25(2)19-30(34(45)37(3)24-48-37)40-36(47)32(22-28-17-11-6-12-18-28)41-35(46)31(21-27-15-9-5-10-16-27)39-33(44)23-29(42-43-38)20-26-13-7-4-8-14-26/h4-5,7-11,13-18,25,29-32H,6,12,19-24H2,1-3H3,(H,39,44)(H,40,47)(H,41,46)/t29-,30+,31+,32+,37-/m1/s1. The van der Waals surface area contributed by atoms with Crippen molar-refractivity contribution in [2.24, 2.45) is 11.0 Å². The summed E-state index contributed by atoms with van der Waals surface area (Å²) >= 11 is 0. The van der Waals surface area contributed by atoms with Crippen molar-refractivity contribution >= 4 is 23.5 Å². The van der Waals surface area contributed by atoms with Gasteiger partial charge in [-0.2, -0.15) is 0 Å². The van der Waals surface area contributed by atoms with Gasteiger partial charge in [-0.3, -0.25) is 19.2 Å². The van der Waals surface area contributed by atoms with Crippen molar-refractivity contribution in [3.05, 3.63) is 106 Å². The average molecular weight is 655 g/mol. The number of ketones is 1. The lowest BCUT2D eigenvalue weighted by atomic mass is 9.92. The molecule has 2 aromatic rings. The van der Waals surface area contributed by atoms with Gasteiger partial charge in [-0.05, 0) is 60.8 Å². The first-order valence-corrected chi connectivity index (χ1v) is 16.6. The number of Topliss-reactive ketones (excluding diaryl/α,β-unsaturated/α-hetero) is 1. The summed E-state index contributed by atoms with van der Waals surface area (Å²) in [6.07, 6.45) is 8.76. The predicted octanol–water partition coefficient (Wildman–Crippen LogP) is 5.07. The molecule has 0 aromatic heterocycles. The van der Waals surface area contributed by atoms with Crippen LogP contribution in [0.5, 0.6) is 0 Å². The molecule has 3 amide bonds. The van der Waals surface area contributed by atoms with Crippen LogP contribution in [0.25, 0.3) is 10.4 Å². The molecule has 11 heteroatoms. The van der Waals surface area contributed by atoms with Crippen LogP contribution in [0.15, 0.2) is 89.6 Å². The molecule has 0 unspecified atom stereocenters. The topological polar surface area (TPSA) is 166 Å². The molecule has 4 rings (SSSR count). The van der Waals surface area contributed by atoms with Crippen molar-refractivity contribution in [3.8, 4) is 0 Å². The van der Waals surface area contributed by atoms with E-state index >= 15 is 0 Å². The van der Waals surface area contributed by atoms with Gasteiger partial charge >= 0.3 is 0 Å². The molecule has 254 valence electrons. The molecular formula is C37H46N6O5. The highest BCUT2D eigenvalue weighted by Crippen LogP contribution is 2.30. The Bertz CT molecular complexity index is 1530. The molecule has 0 bridgehead atoms. The monoisotopic (exact) mass is 654 g/mol. The Labute approximate surface area is 282 Å². The third-order valence-corrected chi connectivity index (χ3v) is 8.47. The maximum Gasteiger partial charge on any atom is 0.243 e. The highest BCUT2D eigenvalue weighted by molar-refractivity contribution is 5.98. The highest BCUT2D eigenvalue weighted by atomic mass is 16.6. The number of allylic oxidation sites excluding steroid dienone is 3. The van der Waals surface area contributed by atoms with Crippen LogP contribution in [0.1, 0.15) is 64.0 Å². The maximum absolute atomic E-state index is 14.0. The number of carbonyl (C=O) groups excluding carboxylic acids is 4. The van der Waals surface area contributed by atoms with E-state index in [1.165, 1.54) is 0 Å². The Morgan fingerprint density at radius 2 is 1.44 bits per heavy atom. The van der Waals surface area contributed by atoms with Crippen LogP contribution in [0.3, 0.4) is 0 Å². The molecule has 1 fully saturated rings. The molecule has 0 radical (unpaired) electrons. The molecule has 0 saturated carbocycles. The SMILES string of the molecule is CC(C)C[C@H](NC(=O)[C@H](CC1=CCCC=C1)NC(=O)[C@H](Cc1ccccc1)NC(=O)C[C@@H](Cc1ccccc1)N=[N+]=[N-])C(=O)[C@@]1(C)CO1. The molecule has 0 spiro atoms. The van der Waals surface area contributed by atoms with E-state index in [2.05, 4.69) is 26.0 Å². The first-order valence-electron chi connectivity index (χ1n) is 16.6. The van der Waals surface area contributed by atoms with Gasteiger partial charge in [-0.15, -0.1) is 0 Å². The zero-order chi connectivity index (χ0) is 34.5. The summed E-state index contributed by atoms with van der Waals surface area (Å²) in [7, 11) is 0. The lowest BCUT2D eigenvalue weighted by molar-refractivity contribution is -0.134. The average Bonchev–Trinajstić information content (AvgIpc) is 3.83. The van der Waals surface area contributed by atoms with Gasteiger partial charge in [0.05, 0.1) is 18.7 Å².